The van der Waals surface area contributed by atoms with Gasteiger partial charge in [-0.15, -0.1) is 0 Å². The van der Waals surface area contributed by atoms with Crippen LogP contribution in [0, 0.1) is 11.8 Å². The second-order valence-electron chi connectivity index (χ2n) is 8.03. The van der Waals surface area contributed by atoms with Crippen LogP contribution in [0.2, 0.25) is 0 Å². The average molecular weight is 419 g/mol. The summed E-state index contributed by atoms with van der Waals surface area (Å²) in [5.74, 6) is -2.62. The Bertz CT molecular complexity index is 981. The minimum Gasteiger partial charge on any atom is -0.466 e. The van der Waals surface area contributed by atoms with Gasteiger partial charge in [0.2, 0.25) is 0 Å². The molecule has 2 aromatic carbocycles. The van der Waals surface area contributed by atoms with Crippen LogP contribution in [0.15, 0.2) is 54.6 Å². The molecule has 0 aromatic heterocycles. The highest BCUT2D eigenvalue weighted by atomic mass is 16.5. The molecule has 1 fully saturated rings. The standard InChI is InChI=1S/C25H25NO5/c1-2-31-25(30)20-14-8-13-17(20)22(27)21(15-16-9-4-3-5-10-16)26-23(28)18-11-6-7-12-19(18)24(26)29/h3-7,9-12,17,20-21H,2,8,13-15H2,1H3/t17-,20+,21-/m0/s1. The lowest BCUT2D eigenvalue weighted by Crippen LogP contribution is -2.49. The summed E-state index contributed by atoms with van der Waals surface area (Å²) in [5.41, 5.74) is 1.47. The molecule has 1 aliphatic carbocycles. The van der Waals surface area contributed by atoms with Crippen LogP contribution in [0.4, 0.5) is 0 Å². The smallest absolute Gasteiger partial charge is 0.309 e. The van der Waals surface area contributed by atoms with E-state index in [4.69, 9.17) is 4.74 Å². The molecule has 6 nitrogen and oxygen atoms in total. The topological polar surface area (TPSA) is 80.8 Å². The van der Waals surface area contributed by atoms with Gasteiger partial charge in [-0.3, -0.25) is 24.1 Å². The van der Waals surface area contributed by atoms with Crippen LogP contribution < -0.4 is 0 Å². The van der Waals surface area contributed by atoms with Crippen molar-refractivity contribution in [2.45, 2.75) is 38.6 Å². The van der Waals surface area contributed by atoms with Crippen molar-refractivity contribution in [3.8, 4) is 0 Å². The zero-order chi connectivity index (χ0) is 22.0. The summed E-state index contributed by atoms with van der Waals surface area (Å²) < 4.78 is 5.18. The first-order valence-corrected chi connectivity index (χ1v) is 10.7. The van der Waals surface area contributed by atoms with Gasteiger partial charge in [0.15, 0.2) is 5.78 Å². The zero-order valence-corrected chi connectivity index (χ0v) is 17.5. The van der Waals surface area contributed by atoms with Crippen molar-refractivity contribution >= 4 is 23.6 Å². The molecule has 0 spiro atoms. The number of nitrogens with zero attached hydrogens (tertiary/aromatic N) is 1. The predicted octanol–water partition coefficient (Wildman–Crippen LogP) is 3.44. The van der Waals surface area contributed by atoms with Crippen molar-refractivity contribution < 1.29 is 23.9 Å². The van der Waals surface area contributed by atoms with Gasteiger partial charge in [-0.05, 0) is 37.5 Å². The lowest BCUT2D eigenvalue weighted by Gasteiger charge is -2.29. The molecule has 0 saturated heterocycles. The van der Waals surface area contributed by atoms with E-state index < -0.39 is 29.7 Å². The van der Waals surface area contributed by atoms with Gasteiger partial charge in [0.1, 0.15) is 6.04 Å². The number of imide groups is 1. The Labute approximate surface area is 181 Å². The second-order valence-corrected chi connectivity index (χ2v) is 8.03. The molecule has 1 saturated carbocycles. The maximum atomic E-state index is 13.7. The zero-order valence-electron chi connectivity index (χ0n) is 17.5. The van der Waals surface area contributed by atoms with Gasteiger partial charge >= 0.3 is 5.97 Å². The molecule has 3 atom stereocenters. The highest BCUT2D eigenvalue weighted by Gasteiger charge is 2.47. The molecular weight excluding hydrogens is 394 g/mol. The van der Waals surface area contributed by atoms with E-state index in [9.17, 15) is 19.2 Å². The monoisotopic (exact) mass is 419 g/mol. The number of benzene rings is 2. The summed E-state index contributed by atoms with van der Waals surface area (Å²) in [7, 11) is 0. The van der Waals surface area contributed by atoms with Crippen LogP contribution in [-0.4, -0.2) is 41.1 Å². The first kappa shape index (κ1) is 21.0. The van der Waals surface area contributed by atoms with Crippen molar-refractivity contribution in [2.75, 3.05) is 6.61 Å². The SMILES string of the molecule is CCOC(=O)[C@@H]1CCC[C@@H]1C(=O)[C@H](Cc1ccccc1)N1C(=O)c2ccccc2C1=O. The Hall–Kier alpha value is -3.28. The third kappa shape index (κ3) is 3.90. The lowest BCUT2D eigenvalue weighted by atomic mass is 9.85. The van der Waals surface area contributed by atoms with Crippen molar-refractivity contribution in [3.05, 3.63) is 71.3 Å². The minimum atomic E-state index is -0.963. The van der Waals surface area contributed by atoms with Crippen LogP contribution in [0.5, 0.6) is 0 Å². The number of carbonyl (C=O) groups is 4. The van der Waals surface area contributed by atoms with E-state index in [-0.39, 0.29) is 24.8 Å². The first-order chi connectivity index (χ1) is 15.0. The Morgan fingerprint density at radius 3 is 2.13 bits per heavy atom. The van der Waals surface area contributed by atoms with E-state index in [0.29, 0.717) is 24.0 Å². The van der Waals surface area contributed by atoms with E-state index in [1.54, 1.807) is 31.2 Å². The van der Waals surface area contributed by atoms with Gasteiger partial charge in [0, 0.05) is 12.3 Å². The number of amides is 2. The van der Waals surface area contributed by atoms with Crippen molar-refractivity contribution in [2.24, 2.45) is 11.8 Å². The number of carbonyl (C=O) groups excluding carboxylic acids is 4. The first-order valence-electron chi connectivity index (χ1n) is 10.7. The quantitative estimate of drug-likeness (QED) is 0.507. The number of hydrogen-bond donors (Lipinski definition) is 0. The van der Waals surface area contributed by atoms with Gasteiger partial charge in [-0.1, -0.05) is 48.9 Å². The minimum absolute atomic E-state index is 0.219. The Morgan fingerprint density at radius 2 is 1.52 bits per heavy atom. The molecule has 6 heteroatoms. The molecule has 1 aliphatic heterocycles. The van der Waals surface area contributed by atoms with Gasteiger partial charge in [-0.2, -0.15) is 0 Å². The summed E-state index contributed by atoms with van der Waals surface area (Å²) in [4.78, 5) is 53.6. The normalized spacial score (nSPS) is 21.1. The molecule has 0 bridgehead atoms. The summed E-state index contributed by atoms with van der Waals surface area (Å²) in [5, 5.41) is 0. The molecule has 2 aromatic rings. The van der Waals surface area contributed by atoms with E-state index in [2.05, 4.69) is 0 Å². The number of rotatable bonds is 7. The molecular formula is C25H25NO5. The highest BCUT2D eigenvalue weighted by molar-refractivity contribution is 6.23. The van der Waals surface area contributed by atoms with Crippen molar-refractivity contribution in [1.29, 1.82) is 0 Å². The van der Waals surface area contributed by atoms with E-state index in [1.165, 1.54) is 0 Å². The summed E-state index contributed by atoms with van der Waals surface area (Å²) >= 11 is 0. The summed E-state index contributed by atoms with van der Waals surface area (Å²) in [6.07, 6.45) is 2.09. The molecule has 160 valence electrons. The summed E-state index contributed by atoms with van der Waals surface area (Å²) in [6, 6.07) is 15.0. The number of ether oxygens (including phenoxy) is 1. The number of Topliss-reactive ketones (excluding diaryl/α,β-unsaturated/α-hetero) is 1. The van der Waals surface area contributed by atoms with Crippen molar-refractivity contribution in [3.63, 3.8) is 0 Å². The van der Waals surface area contributed by atoms with Crippen LogP contribution in [0.3, 0.4) is 0 Å². The molecule has 0 unspecified atom stereocenters. The third-order valence-electron chi connectivity index (χ3n) is 6.21. The molecule has 2 aliphatic rings. The number of esters is 1. The molecule has 0 N–H and O–H groups in total. The van der Waals surface area contributed by atoms with Gasteiger partial charge in [0.05, 0.1) is 23.7 Å². The molecule has 1 heterocycles. The summed E-state index contributed by atoms with van der Waals surface area (Å²) in [6.45, 7) is 1.99. The highest BCUT2D eigenvalue weighted by Crippen LogP contribution is 2.36. The van der Waals surface area contributed by atoms with E-state index in [1.807, 2.05) is 30.3 Å². The largest absolute Gasteiger partial charge is 0.466 e. The third-order valence-corrected chi connectivity index (χ3v) is 6.21. The second kappa shape index (κ2) is 8.84. The van der Waals surface area contributed by atoms with Gasteiger partial charge in [0.25, 0.3) is 11.8 Å². The van der Waals surface area contributed by atoms with E-state index in [0.717, 1.165) is 16.9 Å². The Balaban J connectivity index is 1.69. The molecule has 31 heavy (non-hydrogen) atoms. The number of hydrogen-bond acceptors (Lipinski definition) is 5. The fraction of sp³-hybridized carbons (Fsp3) is 0.360. The van der Waals surface area contributed by atoms with Gasteiger partial charge in [-0.25, -0.2) is 0 Å². The predicted molar refractivity (Wildman–Crippen MR) is 113 cm³/mol. The lowest BCUT2D eigenvalue weighted by molar-refractivity contribution is -0.151. The maximum absolute atomic E-state index is 13.7. The molecule has 0 radical (unpaired) electrons. The van der Waals surface area contributed by atoms with Crippen molar-refractivity contribution in [1.82, 2.24) is 4.90 Å². The molecule has 2 amide bonds. The van der Waals surface area contributed by atoms with Crippen LogP contribution >= 0.6 is 0 Å². The maximum Gasteiger partial charge on any atom is 0.309 e. The van der Waals surface area contributed by atoms with Crippen LogP contribution in [-0.2, 0) is 20.7 Å². The van der Waals surface area contributed by atoms with Crippen LogP contribution in [0.25, 0.3) is 0 Å². The number of fused-ring (bicyclic) bond motifs is 1. The van der Waals surface area contributed by atoms with Crippen LogP contribution in [0.1, 0.15) is 52.5 Å². The Kier molecular flexibility index (Phi) is 5.98. The fourth-order valence-electron chi connectivity index (χ4n) is 4.73. The number of ketones is 1. The molecule has 4 rings (SSSR count). The fourth-order valence-corrected chi connectivity index (χ4v) is 4.73. The van der Waals surface area contributed by atoms with Gasteiger partial charge < -0.3 is 4.74 Å². The average Bonchev–Trinajstić information content (AvgIpc) is 3.37. The van der Waals surface area contributed by atoms with E-state index >= 15 is 0 Å². The Morgan fingerprint density at radius 1 is 0.935 bits per heavy atom.